The fraction of sp³-hybridized carbons (Fsp3) is 0.800. The number of likely N-dealkylation sites (N-methyl/N-ethyl adjacent to an activating group) is 1. The topological polar surface area (TPSA) is 42.3 Å². The first-order chi connectivity index (χ1) is 9.60. The van der Waals surface area contributed by atoms with Gasteiger partial charge < -0.3 is 15.0 Å². The van der Waals surface area contributed by atoms with Crippen LogP contribution >= 0.6 is 0 Å². The highest BCUT2D eigenvalue weighted by Crippen LogP contribution is 2.28. The molecule has 0 spiro atoms. The first kappa shape index (κ1) is 17.0. The SMILES string of the molecule is CCCNCCC(C)c1c(OC)cnn1CCN(C)C. The van der Waals surface area contributed by atoms with Gasteiger partial charge in [-0.25, -0.2) is 0 Å². The first-order valence-electron chi connectivity index (χ1n) is 7.55. The van der Waals surface area contributed by atoms with Gasteiger partial charge in [0.2, 0.25) is 0 Å². The summed E-state index contributed by atoms with van der Waals surface area (Å²) in [5, 5.41) is 7.93. The van der Waals surface area contributed by atoms with E-state index in [-0.39, 0.29) is 0 Å². The van der Waals surface area contributed by atoms with Crippen LogP contribution in [0.5, 0.6) is 5.75 Å². The quantitative estimate of drug-likeness (QED) is 0.666. The Bertz CT molecular complexity index is 376. The van der Waals surface area contributed by atoms with Gasteiger partial charge in [-0.15, -0.1) is 0 Å². The van der Waals surface area contributed by atoms with Crippen LogP contribution in [0.25, 0.3) is 0 Å². The number of nitrogens with one attached hydrogen (secondary N) is 1. The number of hydrogen-bond acceptors (Lipinski definition) is 4. The monoisotopic (exact) mass is 282 g/mol. The van der Waals surface area contributed by atoms with Crippen LogP contribution < -0.4 is 10.1 Å². The smallest absolute Gasteiger partial charge is 0.160 e. The standard InChI is InChI=1S/C15H30N4O/c1-6-8-16-9-7-13(2)15-14(20-5)12-17-19(15)11-10-18(3)4/h12-13,16H,6-11H2,1-5H3. The zero-order valence-electron chi connectivity index (χ0n) is 13.6. The summed E-state index contributed by atoms with van der Waals surface area (Å²) in [5.74, 6) is 1.35. The molecule has 5 nitrogen and oxygen atoms in total. The van der Waals surface area contributed by atoms with Crippen molar-refractivity contribution < 1.29 is 4.74 Å². The van der Waals surface area contributed by atoms with Crippen LogP contribution in [-0.4, -0.2) is 55.5 Å². The number of hydrogen-bond donors (Lipinski definition) is 1. The highest BCUT2D eigenvalue weighted by molar-refractivity contribution is 5.28. The lowest BCUT2D eigenvalue weighted by atomic mass is 10.0. The summed E-state index contributed by atoms with van der Waals surface area (Å²) in [6.07, 6.45) is 4.11. The van der Waals surface area contributed by atoms with Gasteiger partial charge in [-0.3, -0.25) is 4.68 Å². The average molecular weight is 282 g/mol. The zero-order valence-corrected chi connectivity index (χ0v) is 13.6. The van der Waals surface area contributed by atoms with Crippen LogP contribution in [-0.2, 0) is 6.54 Å². The third-order valence-corrected chi connectivity index (χ3v) is 3.47. The molecule has 0 saturated heterocycles. The van der Waals surface area contributed by atoms with Gasteiger partial charge in [0.05, 0.1) is 25.5 Å². The summed E-state index contributed by atoms with van der Waals surface area (Å²) < 4.78 is 7.55. The maximum Gasteiger partial charge on any atom is 0.160 e. The van der Waals surface area contributed by atoms with Gasteiger partial charge in [0.1, 0.15) is 0 Å². The minimum Gasteiger partial charge on any atom is -0.493 e. The van der Waals surface area contributed by atoms with Gasteiger partial charge in [-0.05, 0) is 40.0 Å². The molecule has 0 bridgehead atoms. The normalized spacial score (nSPS) is 12.9. The molecule has 5 heteroatoms. The van der Waals surface area contributed by atoms with E-state index in [9.17, 15) is 0 Å². The molecule has 0 saturated carbocycles. The van der Waals surface area contributed by atoms with Crippen molar-refractivity contribution in [3.05, 3.63) is 11.9 Å². The van der Waals surface area contributed by atoms with E-state index in [1.165, 1.54) is 12.1 Å². The Morgan fingerprint density at radius 2 is 2.15 bits per heavy atom. The van der Waals surface area contributed by atoms with Gasteiger partial charge in [-0.2, -0.15) is 5.10 Å². The van der Waals surface area contributed by atoms with Crippen molar-refractivity contribution in [2.45, 2.75) is 39.2 Å². The minimum atomic E-state index is 0.443. The van der Waals surface area contributed by atoms with E-state index in [2.05, 4.69) is 47.9 Å². The van der Waals surface area contributed by atoms with Crippen LogP contribution in [0.2, 0.25) is 0 Å². The number of methoxy groups -OCH3 is 1. The highest BCUT2D eigenvalue weighted by Gasteiger charge is 2.18. The molecule has 0 fully saturated rings. The van der Waals surface area contributed by atoms with Crippen molar-refractivity contribution >= 4 is 0 Å². The molecule has 116 valence electrons. The molecule has 1 atom stereocenters. The largest absolute Gasteiger partial charge is 0.493 e. The van der Waals surface area contributed by atoms with Crippen molar-refractivity contribution in [2.75, 3.05) is 40.8 Å². The van der Waals surface area contributed by atoms with E-state index in [0.29, 0.717) is 5.92 Å². The van der Waals surface area contributed by atoms with E-state index in [0.717, 1.165) is 38.3 Å². The Morgan fingerprint density at radius 1 is 1.40 bits per heavy atom. The average Bonchev–Trinajstić information content (AvgIpc) is 2.84. The van der Waals surface area contributed by atoms with E-state index in [1.54, 1.807) is 7.11 Å². The molecule has 0 aliphatic rings. The number of ether oxygens (including phenoxy) is 1. The lowest BCUT2D eigenvalue weighted by molar-refractivity contribution is 0.360. The molecule has 1 heterocycles. The lowest BCUT2D eigenvalue weighted by Crippen LogP contribution is -2.22. The van der Waals surface area contributed by atoms with Crippen molar-refractivity contribution in [2.24, 2.45) is 0 Å². The van der Waals surface area contributed by atoms with Crippen molar-refractivity contribution in [3.8, 4) is 5.75 Å². The van der Waals surface area contributed by atoms with Crippen LogP contribution in [0.3, 0.4) is 0 Å². The second-order valence-corrected chi connectivity index (χ2v) is 5.56. The summed E-state index contributed by atoms with van der Waals surface area (Å²) in [6, 6.07) is 0. The Balaban J connectivity index is 2.66. The summed E-state index contributed by atoms with van der Waals surface area (Å²) in [4.78, 5) is 2.17. The maximum atomic E-state index is 5.46. The van der Waals surface area contributed by atoms with E-state index in [4.69, 9.17) is 4.74 Å². The van der Waals surface area contributed by atoms with Crippen LogP contribution in [0.15, 0.2) is 6.20 Å². The second-order valence-electron chi connectivity index (χ2n) is 5.56. The molecule has 0 aliphatic carbocycles. The maximum absolute atomic E-state index is 5.46. The van der Waals surface area contributed by atoms with Gasteiger partial charge in [0, 0.05) is 12.5 Å². The predicted molar refractivity (Wildman–Crippen MR) is 83.5 cm³/mol. The summed E-state index contributed by atoms with van der Waals surface area (Å²) >= 11 is 0. The Hall–Kier alpha value is -1.07. The Kier molecular flexibility index (Phi) is 7.62. The molecule has 1 unspecified atom stereocenters. The van der Waals surface area contributed by atoms with Gasteiger partial charge in [0.15, 0.2) is 5.75 Å². The molecule has 0 aliphatic heterocycles. The van der Waals surface area contributed by atoms with Crippen molar-refractivity contribution in [1.82, 2.24) is 20.0 Å². The second kappa shape index (κ2) is 8.97. The van der Waals surface area contributed by atoms with E-state index >= 15 is 0 Å². The summed E-state index contributed by atoms with van der Waals surface area (Å²) in [7, 11) is 5.88. The summed E-state index contributed by atoms with van der Waals surface area (Å²) in [6.45, 7) is 8.45. The molecule has 1 aromatic rings. The Labute approximate surface area is 123 Å². The van der Waals surface area contributed by atoms with Crippen LogP contribution in [0.4, 0.5) is 0 Å². The molecule has 0 radical (unpaired) electrons. The van der Waals surface area contributed by atoms with E-state index in [1.807, 2.05) is 6.20 Å². The molecule has 1 rings (SSSR count). The predicted octanol–water partition coefficient (Wildman–Crippen LogP) is 1.95. The third-order valence-electron chi connectivity index (χ3n) is 3.47. The fourth-order valence-electron chi connectivity index (χ4n) is 2.26. The van der Waals surface area contributed by atoms with Gasteiger partial charge in [0.25, 0.3) is 0 Å². The number of rotatable bonds is 10. The lowest BCUT2D eigenvalue weighted by Gasteiger charge is -2.17. The molecule has 20 heavy (non-hydrogen) atoms. The number of aromatic nitrogens is 2. The van der Waals surface area contributed by atoms with Crippen LogP contribution in [0, 0.1) is 0 Å². The minimum absolute atomic E-state index is 0.443. The van der Waals surface area contributed by atoms with Gasteiger partial charge in [-0.1, -0.05) is 13.8 Å². The van der Waals surface area contributed by atoms with Crippen molar-refractivity contribution in [1.29, 1.82) is 0 Å². The molecule has 0 aromatic carbocycles. The first-order valence-corrected chi connectivity index (χ1v) is 7.55. The summed E-state index contributed by atoms with van der Waals surface area (Å²) in [5.41, 5.74) is 1.22. The third kappa shape index (κ3) is 5.13. The molecule has 1 N–H and O–H groups in total. The van der Waals surface area contributed by atoms with Crippen molar-refractivity contribution in [3.63, 3.8) is 0 Å². The highest BCUT2D eigenvalue weighted by atomic mass is 16.5. The molecule has 0 amide bonds. The van der Waals surface area contributed by atoms with Gasteiger partial charge >= 0.3 is 0 Å². The fourth-order valence-corrected chi connectivity index (χ4v) is 2.26. The molecular weight excluding hydrogens is 252 g/mol. The van der Waals surface area contributed by atoms with Crippen LogP contribution in [0.1, 0.15) is 38.3 Å². The Morgan fingerprint density at radius 3 is 2.75 bits per heavy atom. The molecular formula is C15H30N4O. The van der Waals surface area contributed by atoms with E-state index < -0.39 is 0 Å². The number of nitrogens with zero attached hydrogens (tertiary/aromatic N) is 3. The molecule has 1 aromatic heterocycles. The zero-order chi connectivity index (χ0) is 15.0.